The second-order valence-electron chi connectivity index (χ2n) is 4.88. The number of aliphatic carboxylic acids is 1. The molecule has 1 aliphatic rings. The van der Waals surface area contributed by atoms with Crippen molar-refractivity contribution in [3.8, 4) is 0 Å². The maximum absolute atomic E-state index is 10.9. The van der Waals surface area contributed by atoms with E-state index in [-0.39, 0.29) is 5.92 Å². The largest absolute Gasteiger partial charge is 0.481 e. The summed E-state index contributed by atoms with van der Waals surface area (Å²) < 4.78 is 0. The van der Waals surface area contributed by atoms with Gasteiger partial charge in [0.05, 0.1) is 5.92 Å². The van der Waals surface area contributed by atoms with Crippen LogP contribution in [0.3, 0.4) is 0 Å². The Hall–Kier alpha value is -1.06. The van der Waals surface area contributed by atoms with Crippen LogP contribution in [-0.2, 0) is 4.79 Å². The average molecular weight is 268 g/mol. The van der Waals surface area contributed by atoms with Gasteiger partial charge < -0.3 is 5.11 Å². The Bertz CT molecular complexity index is 410. The topological polar surface area (TPSA) is 40.5 Å². The van der Waals surface area contributed by atoms with E-state index in [1.54, 1.807) is 0 Å². The Morgan fingerprint density at radius 1 is 1.33 bits per heavy atom. The van der Waals surface area contributed by atoms with Crippen molar-refractivity contribution in [3.63, 3.8) is 0 Å². The van der Waals surface area contributed by atoms with Crippen LogP contribution in [0.5, 0.6) is 0 Å². The van der Waals surface area contributed by atoms with E-state index in [1.807, 2.05) is 24.3 Å². The lowest BCUT2D eigenvalue weighted by molar-refractivity contribution is -0.143. The molecule has 1 heterocycles. The summed E-state index contributed by atoms with van der Waals surface area (Å²) >= 11 is 5.88. The molecular formula is C14H18ClNO2. The van der Waals surface area contributed by atoms with E-state index in [2.05, 4.69) is 11.8 Å². The predicted octanol–water partition coefficient (Wildman–Crippen LogP) is 3.20. The number of hydrogen-bond donors (Lipinski definition) is 1. The van der Waals surface area contributed by atoms with Gasteiger partial charge in [-0.25, -0.2) is 0 Å². The van der Waals surface area contributed by atoms with Crippen LogP contribution >= 0.6 is 11.6 Å². The Morgan fingerprint density at radius 3 is 2.39 bits per heavy atom. The van der Waals surface area contributed by atoms with Gasteiger partial charge in [-0.15, -0.1) is 0 Å². The zero-order chi connectivity index (χ0) is 13.1. The van der Waals surface area contributed by atoms with E-state index in [9.17, 15) is 4.79 Å². The summed E-state index contributed by atoms with van der Waals surface area (Å²) in [5.74, 6) is -0.826. The van der Waals surface area contributed by atoms with Gasteiger partial charge in [0.1, 0.15) is 0 Å². The molecule has 1 saturated heterocycles. The van der Waals surface area contributed by atoms with Crippen molar-refractivity contribution in [2.75, 3.05) is 13.1 Å². The van der Waals surface area contributed by atoms with Crippen molar-refractivity contribution in [1.29, 1.82) is 0 Å². The number of halogens is 1. The molecule has 0 amide bonds. The predicted molar refractivity (Wildman–Crippen MR) is 71.8 cm³/mol. The van der Waals surface area contributed by atoms with Gasteiger partial charge in [-0.1, -0.05) is 23.7 Å². The first-order chi connectivity index (χ1) is 8.58. The molecule has 2 rings (SSSR count). The Balaban J connectivity index is 1.97. The van der Waals surface area contributed by atoms with E-state index in [0.717, 1.165) is 31.0 Å². The van der Waals surface area contributed by atoms with Crippen molar-refractivity contribution in [2.24, 2.45) is 5.92 Å². The fourth-order valence-electron chi connectivity index (χ4n) is 2.49. The van der Waals surface area contributed by atoms with Gasteiger partial charge in [0.2, 0.25) is 0 Å². The molecule has 1 N–H and O–H groups in total. The van der Waals surface area contributed by atoms with E-state index in [0.29, 0.717) is 6.04 Å². The van der Waals surface area contributed by atoms with Crippen molar-refractivity contribution in [2.45, 2.75) is 25.8 Å². The zero-order valence-corrected chi connectivity index (χ0v) is 11.2. The number of benzene rings is 1. The van der Waals surface area contributed by atoms with Gasteiger partial charge in [-0.3, -0.25) is 9.69 Å². The van der Waals surface area contributed by atoms with Crippen LogP contribution in [0.25, 0.3) is 0 Å². The minimum absolute atomic E-state index is 0.168. The molecule has 0 spiro atoms. The number of likely N-dealkylation sites (tertiary alicyclic amines) is 1. The Morgan fingerprint density at radius 2 is 1.89 bits per heavy atom. The van der Waals surface area contributed by atoms with Gasteiger partial charge in [0.15, 0.2) is 0 Å². The molecule has 1 aromatic rings. The first-order valence-corrected chi connectivity index (χ1v) is 6.68. The van der Waals surface area contributed by atoms with Crippen LogP contribution in [-0.4, -0.2) is 29.1 Å². The lowest BCUT2D eigenvalue weighted by Crippen LogP contribution is -2.37. The Kier molecular flexibility index (Phi) is 4.25. The lowest BCUT2D eigenvalue weighted by Gasteiger charge is -2.35. The third-order valence-corrected chi connectivity index (χ3v) is 4.03. The number of rotatable bonds is 3. The Labute approximate surface area is 112 Å². The molecule has 0 bridgehead atoms. The quantitative estimate of drug-likeness (QED) is 0.914. The molecule has 1 aliphatic heterocycles. The second-order valence-corrected chi connectivity index (χ2v) is 5.31. The van der Waals surface area contributed by atoms with Crippen LogP contribution in [0, 0.1) is 5.92 Å². The molecule has 3 nitrogen and oxygen atoms in total. The summed E-state index contributed by atoms with van der Waals surface area (Å²) in [7, 11) is 0. The van der Waals surface area contributed by atoms with Crippen molar-refractivity contribution >= 4 is 17.6 Å². The average Bonchev–Trinajstić information content (AvgIpc) is 2.39. The standard InChI is InChI=1S/C14H18ClNO2/c1-10(11-2-4-13(15)5-3-11)16-8-6-12(7-9-16)14(17)18/h2-5,10,12H,6-9H2,1H3,(H,17,18). The van der Waals surface area contributed by atoms with Crippen LogP contribution < -0.4 is 0 Å². The molecule has 1 atom stereocenters. The molecule has 1 aromatic carbocycles. The lowest BCUT2D eigenvalue weighted by atomic mass is 9.95. The number of nitrogens with zero attached hydrogens (tertiary/aromatic N) is 1. The summed E-state index contributed by atoms with van der Waals surface area (Å²) in [6.45, 7) is 3.85. The molecule has 0 aliphatic carbocycles. The number of carboxylic acid groups (broad SMARTS) is 1. The minimum Gasteiger partial charge on any atom is -0.481 e. The molecule has 1 unspecified atom stereocenters. The number of carbonyl (C=O) groups is 1. The zero-order valence-electron chi connectivity index (χ0n) is 10.5. The number of carboxylic acids is 1. The van der Waals surface area contributed by atoms with Crippen molar-refractivity contribution < 1.29 is 9.90 Å². The summed E-state index contributed by atoms with van der Waals surface area (Å²) in [6, 6.07) is 8.19. The highest BCUT2D eigenvalue weighted by Crippen LogP contribution is 2.27. The molecule has 98 valence electrons. The smallest absolute Gasteiger partial charge is 0.306 e. The summed E-state index contributed by atoms with van der Waals surface area (Å²) in [5.41, 5.74) is 1.23. The fourth-order valence-corrected chi connectivity index (χ4v) is 2.61. The van der Waals surface area contributed by atoms with Gasteiger partial charge in [0.25, 0.3) is 0 Å². The highest BCUT2D eigenvalue weighted by molar-refractivity contribution is 6.30. The first kappa shape index (κ1) is 13.4. The highest BCUT2D eigenvalue weighted by atomic mass is 35.5. The normalized spacial score (nSPS) is 19.7. The van der Waals surface area contributed by atoms with Crippen LogP contribution in [0.15, 0.2) is 24.3 Å². The molecule has 4 heteroatoms. The van der Waals surface area contributed by atoms with Crippen LogP contribution in [0.2, 0.25) is 5.02 Å². The molecule has 0 aromatic heterocycles. The van der Waals surface area contributed by atoms with Crippen molar-refractivity contribution in [3.05, 3.63) is 34.9 Å². The molecular weight excluding hydrogens is 250 g/mol. The molecule has 0 radical (unpaired) electrons. The fraction of sp³-hybridized carbons (Fsp3) is 0.500. The summed E-state index contributed by atoms with van der Waals surface area (Å²) in [4.78, 5) is 13.2. The van der Waals surface area contributed by atoms with E-state index in [1.165, 1.54) is 5.56 Å². The molecule has 18 heavy (non-hydrogen) atoms. The van der Waals surface area contributed by atoms with E-state index >= 15 is 0 Å². The molecule has 1 fully saturated rings. The second kappa shape index (κ2) is 5.72. The SMILES string of the molecule is CC(c1ccc(Cl)cc1)N1CCC(C(=O)O)CC1. The number of piperidine rings is 1. The van der Waals surface area contributed by atoms with E-state index in [4.69, 9.17) is 16.7 Å². The van der Waals surface area contributed by atoms with Crippen LogP contribution in [0.1, 0.15) is 31.4 Å². The van der Waals surface area contributed by atoms with Gasteiger partial charge in [-0.2, -0.15) is 0 Å². The van der Waals surface area contributed by atoms with Gasteiger partial charge in [0, 0.05) is 11.1 Å². The minimum atomic E-state index is -0.659. The maximum Gasteiger partial charge on any atom is 0.306 e. The summed E-state index contributed by atoms with van der Waals surface area (Å²) in [5, 5.41) is 9.72. The van der Waals surface area contributed by atoms with E-state index < -0.39 is 5.97 Å². The third-order valence-electron chi connectivity index (χ3n) is 3.78. The maximum atomic E-state index is 10.9. The van der Waals surface area contributed by atoms with Gasteiger partial charge in [-0.05, 0) is 50.6 Å². The monoisotopic (exact) mass is 267 g/mol. The highest BCUT2D eigenvalue weighted by Gasteiger charge is 2.27. The first-order valence-electron chi connectivity index (χ1n) is 6.30. The third kappa shape index (κ3) is 3.03. The van der Waals surface area contributed by atoms with Crippen LogP contribution in [0.4, 0.5) is 0 Å². The van der Waals surface area contributed by atoms with Crippen molar-refractivity contribution in [1.82, 2.24) is 4.90 Å². The molecule has 0 saturated carbocycles. The number of hydrogen-bond acceptors (Lipinski definition) is 2. The summed E-state index contributed by atoms with van der Waals surface area (Å²) in [6.07, 6.45) is 1.49. The van der Waals surface area contributed by atoms with Gasteiger partial charge >= 0.3 is 5.97 Å².